The highest BCUT2D eigenvalue weighted by molar-refractivity contribution is 7.99. The second-order valence-electron chi connectivity index (χ2n) is 8.65. The molecule has 0 bridgehead atoms. The smallest absolute Gasteiger partial charge is 0.254 e. The van der Waals surface area contributed by atoms with E-state index in [1.807, 2.05) is 72.7 Å². The SMILES string of the molecule is CCn1c(SCC(=O)Nc2cc(C)ccc2OC)nnc1C1CCCN1C(=O)c1ccc(C)cc1. The molecule has 1 saturated heterocycles. The maximum Gasteiger partial charge on any atom is 0.254 e. The first-order valence-electron chi connectivity index (χ1n) is 11.8. The van der Waals surface area contributed by atoms with Gasteiger partial charge in [0.2, 0.25) is 5.91 Å². The van der Waals surface area contributed by atoms with E-state index < -0.39 is 0 Å². The Bertz CT molecular complexity index is 1210. The van der Waals surface area contributed by atoms with Crippen LogP contribution in [-0.2, 0) is 11.3 Å². The zero-order valence-electron chi connectivity index (χ0n) is 20.6. The maximum absolute atomic E-state index is 13.2. The molecule has 1 N–H and O–H groups in total. The number of ether oxygens (including phenoxy) is 1. The first kappa shape index (κ1) is 24.8. The Balaban J connectivity index is 1.46. The molecule has 2 heterocycles. The van der Waals surface area contributed by atoms with Gasteiger partial charge in [0.25, 0.3) is 5.91 Å². The normalized spacial score (nSPS) is 15.3. The predicted molar refractivity (Wildman–Crippen MR) is 137 cm³/mol. The van der Waals surface area contributed by atoms with E-state index in [2.05, 4.69) is 15.5 Å². The molecule has 1 atom stereocenters. The molecule has 0 saturated carbocycles. The lowest BCUT2D eigenvalue weighted by molar-refractivity contribution is -0.113. The van der Waals surface area contributed by atoms with Crippen molar-refractivity contribution in [2.45, 2.75) is 51.4 Å². The fourth-order valence-electron chi connectivity index (χ4n) is 4.33. The van der Waals surface area contributed by atoms with Gasteiger partial charge in [-0.25, -0.2) is 0 Å². The van der Waals surface area contributed by atoms with Crippen LogP contribution in [0.2, 0.25) is 0 Å². The molecule has 0 spiro atoms. The van der Waals surface area contributed by atoms with Crippen molar-refractivity contribution in [1.29, 1.82) is 0 Å². The topological polar surface area (TPSA) is 89.3 Å². The van der Waals surface area contributed by atoms with Crippen LogP contribution >= 0.6 is 11.8 Å². The lowest BCUT2D eigenvalue weighted by Crippen LogP contribution is -2.32. The zero-order valence-corrected chi connectivity index (χ0v) is 21.4. The molecule has 2 amide bonds. The molecular formula is C26H31N5O3S. The van der Waals surface area contributed by atoms with Crippen molar-refractivity contribution in [3.8, 4) is 5.75 Å². The number of anilines is 1. The van der Waals surface area contributed by atoms with E-state index in [0.717, 1.165) is 29.8 Å². The van der Waals surface area contributed by atoms with Gasteiger partial charge in [0.15, 0.2) is 11.0 Å². The number of methoxy groups -OCH3 is 1. The lowest BCUT2D eigenvalue weighted by Gasteiger charge is -2.24. The number of hydrogen-bond acceptors (Lipinski definition) is 6. The van der Waals surface area contributed by atoms with Crippen molar-refractivity contribution in [2.75, 3.05) is 24.7 Å². The third-order valence-electron chi connectivity index (χ3n) is 6.13. The predicted octanol–water partition coefficient (Wildman–Crippen LogP) is 4.63. The van der Waals surface area contributed by atoms with Gasteiger partial charge in [-0.15, -0.1) is 10.2 Å². The minimum atomic E-state index is -0.150. The number of carbonyl (C=O) groups excluding carboxylic acids is 2. The van der Waals surface area contributed by atoms with Crippen LogP contribution in [0, 0.1) is 13.8 Å². The average Bonchev–Trinajstić information content (AvgIpc) is 3.49. The van der Waals surface area contributed by atoms with Gasteiger partial charge in [0.1, 0.15) is 5.75 Å². The number of rotatable bonds is 8. The molecule has 3 aromatic rings. The Morgan fingerprint density at radius 3 is 2.57 bits per heavy atom. The van der Waals surface area contributed by atoms with E-state index in [9.17, 15) is 9.59 Å². The molecule has 0 aliphatic carbocycles. The van der Waals surface area contributed by atoms with Crippen molar-refractivity contribution in [1.82, 2.24) is 19.7 Å². The largest absolute Gasteiger partial charge is 0.495 e. The molecule has 4 rings (SSSR count). The fourth-order valence-corrected chi connectivity index (χ4v) is 5.14. The third-order valence-corrected chi connectivity index (χ3v) is 7.10. The minimum Gasteiger partial charge on any atom is -0.495 e. The molecule has 0 radical (unpaired) electrons. The van der Waals surface area contributed by atoms with Crippen molar-refractivity contribution in [3.63, 3.8) is 0 Å². The van der Waals surface area contributed by atoms with Gasteiger partial charge in [-0.3, -0.25) is 9.59 Å². The summed E-state index contributed by atoms with van der Waals surface area (Å²) < 4.78 is 7.36. The van der Waals surface area contributed by atoms with Gasteiger partial charge in [-0.05, 0) is 63.4 Å². The Morgan fingerprint density at radius 2 is 1.86 bits per heavy atom. The van der Waals surface area contributed by atoms with Crippen LogP contribution in [0.3, 0.4) is 0 Å². The number of thioether (sulfide) groups is 1. The molecule has 1 aliphatic heterocycles. The molecular weight excluding hydrogens is 462 g/mol. The van der Waals surface area contributed by atoms with Crippen molar-refractivity contribution < 1.29 is 14.3 Å². The van der Waals surface area contributed by atoms with E-state index in [0.29, 0.717) is 35.2 Å². The maximum atomic E-state index is 13.2. The highest BCUT2D eigenvalue weighted by atomic mass is 32.2. The number of nitrogens with zero attached hydrogens (tertiary/aromatic N) is 4. The van der Waals surface area contributed by atoms with E-state index in [-0.39, 0.29) is 23.6 Å². The lowest BCUT2D eigenvalue weighted by atomic mass is 10.1. The highest BCUT2D eigenvalue weighted by Crippen LogP contribution is 2.34. The highest BCUT2D eigenvalue weighted by Gasteiger charge is 2.34. The summed E-state index contributed by atoms with van der Waals surface area (Å²) in [6.45, 7) is 7.34. The number of amides is 2. The molecule has 1 aliphatic rings. The summed E-state index contributed by atoms with van der Waals surface area (Å²) in [7, 11) is 1.58. The first-order valence-corrected chi connectivity index (χ1v) is 12.8. The number of benzene rings is 2. The van der Waals surface area contributed by atoms with Gasteiger partial charge in [0.05, 0.1) is 24.6 Å². The molecule has 1 unspecified atom stereocenters. The molecule has 35 heavy (non-hydrogen) atoms. The summed E-state index contributed by atoms with van der Waals surface area (Å²) in [4.78, 5) is 27.8. The number of carbonyl (C=O) groups is 2. The van der Waals surface area contributed by atoms with Crippen LogP contribution < -0.4 is 10.1 Å². The Morgan fingerprint density at radius 1 is 1.11 bits per heavy atom. The van der Waals surface area contributed by atoms with Crippen molar-refractivity contribution in [2.24, 2.45) is 0 Å². The van der Waals surface area contributed by atoms with E-state index in [1.54, 1.807) is 7.11 Å². The number of aryl methyl sites for hydroxylation is 2. The Kier molecular flexibility index (Phi) is 7.75. The van der Waals surface area contributed by atoms with Crippen molar-refractivity contribution in [3.05, 3.63) is 65.0 Å². The van der Waals surface area contributed by atoms with Crippen LogP contribution in [0.4, 0.5) is 5.69 Å². The van der Waals surface area contributed by atoms with Gasteiger partial charge >= 0.3 is 0 Å². The van der Waals surface area contributed by atoms with Crippen LogP contribution in [-0.4, -0.2) is 50.9 Å². The molecule has 1 fully saturated rings. The van der Waals surface area contributed by atoms with Gasteiger partial charge in [-0.2, -0.15) is 0 Å². The zero-order chi connectivity index (χ0) is 24.9. The second kappa shape index (κ2) is 10.9. The summed E-state index contributed by atoms with van der Waals surface area (Å²) >= 11 is 1.34. The number of hydrogen-bond donors (Lipinski definition) is 1. The number of nitrogens with one attached hydrogen (secondary N) is 1. The molecule has 1 aromatic heterocycles. The second-order valence-corrected chi connectivity index (χ2v) is 9.59. The van der Waals surface area contributed by atoms with Gasteiger partial charge < -0.3 is 19.5 Å². The van der Waals surface area contributed by atoms with Crippen LogP contribution in [0.5, 0.6) is 5.75 Å². The summed E-state index contributed by atoms with van der Waals surface area (Å²) in [6, 6.07) is 13.2. The Hall–Kier alpha value is -3.33. The monoisotopic (exact) mass is 493 g/mol. The van der Waals surface area contributed by atoms with Gasteiger partial charge in [0, 0.05) is 18.7 Å². The van der Waals surface area contributed by atoms with Crippen molar-refractivity contribution >= 4 is 29.3 Å². The number of likely N-dealkylation sites (tertiary alicyclic amines) is 1. The van der Waals surface area contributed by atoms with E-state index in [4.69, 9.17) is 4.74 Å². The molecule has 8 nitrogen and oxygen atoms in total. The van der Waals surface area contributed by atoms with Crippen LogP contribution in [0.1, 0.15) is 53.1 Å². The molecule has 9 heteroatoms. The molecule has 184 valence electrons. The van der Waals surface area contributed by atoms with E-state index in [1.165, 1.54) is 11.8 Å². The quantitative estimate of drug-likeness (QED) is 0.460. The van der Waals surface area contributed by atoms with Gasteiger partial charge in [-0.1, -0.05) is 35.5 Å². The third kappa shape index (κ3) is 5.51. The van der Waals surface area contributed by atoms with E-state index >= 15 is 0 Å². The Labute approximate surface area is 210 Å². The summed E-state index contributed by atoms with van der Waals surface area (Å²) in [5, 5.41) is 12.4. The average molecular weight is 494 g/mol. The van der Waals surface area contributed by atoms with Crippen LogP contribution in [0.25, 0.3) is 0 Å². The summed E-state index contributed by atoms with van der Waals surface area (Å²) in [5.74, 6) is 1.44. The fraction of sp³-hybridized carbons (Fsp3) is 0.385. The minimum absolute atomic E-state index is 0.0128. The standard InChI is InChI=1S/C26H31N5O3S/c1-5-30-24(21-7-6-14-31(21)25(33)19-11-8-17(2)9-12-19)28-29-26(30)35-16-23(32)27-20-15-18(3)10-13-22(20)34-4/h8-13,15,21H,5-7,14,16H2,1-4H3,(H,27,32). The number of aromatic nitrogens is 3. The molecule has 2 aromatic carbocycles. The summed E-state index contributed by atoms with van der Waals surface area (Å²) in [5.41, 5.74) is 3.48. The van der Waals surface area contributed by atoms with Crippen LogP contribution in [0.15, 0.2) is 47.6 Å². The first-order chi connectivity index (χ1) is 16.9. The summed E-state index contributed by atoms with van der Waals surface area (Å²) in [6.07, 6.45) is 1.76.